The number of nitrogens with one attached hydrogen (secondary N) is 1. The van der Waals surface area contributed by atoms with Crippen molar-refractivity contribution in [2.24, 2.45) is 10.9 Å². The van der Waals surface area contributed by atoms with Crippen molar-refractivity contribution in [3.8, 4) is 5.75 Å². The van der Waals surface area contributed by atoms with Crippen LogP contribution in [0.3, 0.4) is 0 Å². The molecule has 2 fully saturated rings. The Morgan fingerprint density at radius 1 is 1.24 bits per heavy atom. The van der Waals surface area contributed by atoms with Crippen molar-refractivity contribution in [2.45, 2.75) is 25.9 Å². The first-order chi connectivity index (χ1) is 15.7. The summed E-state index contributed by atoms with van der Waals surface area (Å²) in [7, 11) is 1.86. The molecule has 2 atom stereocenters. The van der Waals surface area contributed by atoms with Gasteiger partial charge in [-0.3, -0.25) is 9.89 Å². The van der Waals surface area contributed by atoms with Crippen molar-refractivity contribution in [1.29, 1.82) is 0 Å². The van der Waals surface area contributed by atoms with E-state index in [-0.39, 0.29) is 24.0 Å². The van der Waals surface area contributed by atoms with E-state index in [9.17, 15) is 0 Å². The lowest BCUT2D eigenvalue weighted by Crippen LogP contribution is -2.48. The van der Waals surface area contributed by atoms with Crippen LogP contribution in [0, 0.1) is 5.92 Å². The molecule has 0 amide bonds. The molecule has 2 aliphatic heterocycles. The summed E-state index contributed by atoms with van der Waals surface area (Å²) in [4.78, 5) is 13.5. The SMILES string of the molecule is CN=C(NCc1ccccc1OCCN1CCOCC1)N1CCC(C)C(n2ccnc2)C1.I. The van der Waals surface area contributed by atoms with Crippen LogP contribution in [0.25, 0.3) is 0 Å². The molecule has 2 unspecified atom stereocenters. The van der Waals surface area contributed by atoms with Gasteiger partial charge in [0.15, 0.2) is 5.96 Å². The Morgan fingerprint density at radius 2 is 2.06 bits per heavy atom. The normalized spacial score (nSPS) is 22.0. The highest BCUT2D eigenvalue weighted by Gasteiger charge is 2.28. The number of aliphatic imine (C=N–C) groups is 1. The molecule has 0 spiro atoms. The van der Waals surface area contributed by atoms with Crippen LogP contribution in [0.5, 0.6) is 5.75 Å². The van der Waals surface area contributed by atoms with Crippen LogP contribution >= 0.6 is 24.0 Å². The zero-order chi connectivity index (χ0) is 22.2. The van der Waals surface area contributed by atoms with Gasteiger partial charge < -0.3 is 24.3 Å². The van der Waals surface area contributed by atoms with Crippen LogP contribution in [0.2, 0.25) is 0 Å². The molecule has 182 valence electrons. The Labute approximate surface area is 214 Å². The third kappa shape index (κ3) is 7.07. The average molecular weight is 569 g/mol. The second-order valence-corrected chi connectivity index (χ2v) is 8.60. The molecule has 0 bridgehead atoms. The molecule has 1 aromatic carbocycles. The highest BCUT2D eigenvalue weighted by Crippen LogP contribution is 2.27. The van der Waals surface area contributed by atoms with Crippen molar-refractivity contribution in [1.82, 2.24) is 24.7 Å². The third-order valence-corrected chi connectivity index (χ3v) is 6.52. The molecule has 3 heterocycles. The van der Waals surface area contributed by atoms with Crippen LogP contribution in [0.4, 0.5) is 0 Å². The fourth-order valence-corrected chi connectivity index (χ4v) is 4.50. The number of nitrogens with zero attached hydrogens (tertiary/aromatic N) is 5. The number of aromatic nitrogens is 2. The molecule has 4 rings (SSSR count). The van der Waals surface area contributed by atoms with E-state index in [2.05, 4.69) is 61.0 Å². The standard InChI is InChI=1S/C24H36N6O2.HI/c1-20-7-9-29(18-22(20)30-10-8-26-19-30)24(25-2)27-17-21-5-3-4-6-23(21)32-16-13-28-11-14-31-15-12-28;/h3-6,8,10,19-20,22H,7,9,11-18H2,1-2H3,(H,25,27);1H. The summed E-state index contributed by atoms with van der Waals surface area (Å²) in [5.41, 5.74) is 1.15. The Balaban J connectivity index is 0.00000306. The number of imidazole rings is 1. The van der Waals surface area contributed by atoms with Gasteiger partial charge in [0.2, 0.25) is 0 Å². The lowest BCUT2D eigenvalue weighted by Gasteiger charge is -2.39. The molecule has 9 heteroatoms. The average Bonchev–Trinajstić information content (AvgIpc) is 3.37. The van der Waals surface area contributed by atoms with E-state index in [0.29, 0.717) is 25.1 Å². The molecule has 2 aliphatic rings. The molecule has 0 saturated carbocycles. The number of likely N-dealkylation sites (tertiary alicyclic amines) is 1. The smallest absolute Gasteiger partial charge is 0.193 e. The molecule has 0 aliphatic carbocycles. The Hall–Kier alpha value is -1.85. The zero-order valence-corrected chi connectivity index (χ0v) is 22.1. The Bertz CT molecular complexity index is 856. The number of halogens is 1. The molecule has 33 heavy (non-hydrogen) atoms. The Kier molecular flexibility index (Phi) is 10.3. The molecular weight excluding hydrogens is 531 g/mol. The van der Waals surface area contributed by atoms with Gasteiger partial charge in [0, 0.05) is 64.3 Å². The van der Waals surface area contributed by atoms with Crippen molar-refractivity contribution in [3.05, 3.63) is 48.5 Å². The number of para-hydroxylation sites is 1. The quantitative estimate of drug-likeness (QED) is 0.315. The van der Waals surface area contributed by atoms with Crippen molar-refractivity contribution in [3.63, 3.8) is 0 Å². The number of morpholine rings is 1. The first-order valence-electron chi connectivity index (χ1n) is 11.7. The monoisotopic (exact) mass is 568 g/mol. The number of ether oxygens (including phenoxy) is 2. The van der Waals surface area contributed by atoms with Gasteiger partial charge in [-0.2, -0.15) is 0 Å². The van der Waals surface area contributed by atoms with Crippen molar-refractivity contribution < 1.29 is 9.47 Å². The first kappa shape index (κ1) is 25.8. The molecule has 2 saturated heterocycles. The molecule has 8 nitrogen and oxygen atoms in total. The second-order valence-electron chi connectivity index (χ2n) is 8.60. The van der Waals surface area contributed by atoms with Gasteiger partial charge in [-0.25, -0.2) is 4.98 Å². The van der Waals surface area contributed by atoms with Crippen molar-refractivity contribution >= 4 is 29.9 Å². The largest absolute Gasteiger partial charge is 0.492 e. The zero-order valence-electron chi connectivity index (χ0n) is 19.7. The maximum atomic E-state index is 6.15. The van der Waals surface area contributed by atoms with E-state index >= 15 is 0 Å². The summed E-state index contributed by atoms with van der Waals surface area (Å²) in [6.07, 6.45) is 6.97. The van der Waals surface area contributed by atoms with Gasteiger partial charge in [0.1, 0.15) is 12.4 Å². The lowest BCUT2D eigenvalue weighted by atomic mass is 9.93. The maximum absolute atomic E-state index is 6.15. The minimum atomic E-state index is 0. The molecular formula is C24H37IN6O2. The predicted molar refractivity (Wildman–Crippen MR) is 141 cm³/mol. The minimum absolute atomic E-state index is 0. The summed E-state index contributed by atoms with van der Waals surface area (Å²) in [5, 5.41) is 3.56. The highest BCUT2D eigenvalue weighted by atomic mass is 127. The number of benzene rings is 1. The van der Waals surface area contributed by atoms with Gasteiger partial charge in [-0.15, -0.1) is 24.0 Å². The van der Waals surface area contributed by atoms with Gasteiger partial charge in [-0.1, -0.05) is 25.1 Å². The number of rotatable bonds is 7. The van der Waals surface area contributed by atoms with Crippen molar-refractivity contribution in [2.75, 3.05) is 59.6 Å². The summed E-state index contributed by atoms with van der Waals surface area (Å²) >= 11 is 0. The third-order valence-electron chi connectivity index (χ3n) is 6.52. The van der Waals surface area contributed by atoms with Crippen LogP contribution in [0.15, 0.2) is 48.0 Å². The van der Waals surface area contributed by atoms with E-state index in [1.165, 1.54) is 0 Å². The predicted octanol–water partition coefficient (Wildman–Crippen LogP) is 2.87. The summed E-state index contributed by atoms with van der Waals surface area (Å²) in [6, 6.07) is 8.67. The van der Waals surface area contributed by atoms with Gasteiger partial charge in [0.05, 0.1) is 25.6 Å². The maximum Gasteiger partial charge on any atom is 0.193 e. The summed E-state index contributed by atoms with van der Waals surface area (Å²) in [6.45, 7) is 10.1. The van der Waals surface area contributed by atoms with Gasteiger partial charge in [0.25, 0.3) is 0 Å². The number of piperidine rings is 1. The van der Waals surface area contributed by atoms with Crippen LogP contribution in [0.1, 0.15) is 24.9 Å². The van der Waals surface area contributed by atoms with Gasteiger partial charge >= 0.3 is 0 Å². The minimum Gasteiger partial charge on any atom is -0.492 e. The van der Waals surface area contributed by atoms with Gasteiger partial charge in [-0.05, 0) is 18.4 Å². The number of guanidine groups is 1. The van der Waals surface area contributed by atoms with Crippen LogP contribution in [-0.4, -0.2) is 84.9 Å². The summed E-state index contributed by atoms with van der Waals surface area (Å²) < 4.78 is 13.8. The van der Waals surface area contributed by atoms with Crippen LogP contribution in [-0.2, 0) is 11.3 Å². The van der Waals surface area contributed by atoms with Crippen LogP contribution < -0.4 is 10.1 Å². The van der Waals surface area contributed by atoms with E-state index in [0.717, 1.165) is 69.6 Å². The van der Waals surface area contributed by atoms with E-state index < -0.39 is 0 Å². The summed E-state index contributed by atoms with van der Waals surface area (Å²) in [5.74, 6) is 2.48. The topological polar surface area (TPSA) is 67.2 Å². The molecule has 1 N–H and O–H groups in total. The van der Waals surface area contributed by atoms with E-state index in [1.54, 1.807) is 0 Å². The highest BCUT2D eigenvalue weighted by molar-refractivity contribution is 14.0. The molecule has 1 aromatic heterocycles. The number of hydrogen-bond acceptors (Lipinski definition) is 5. The molecule has 0 radical (unpaired) electrons. The first-order valence-corrected chi connectivity index (χ1v) is 11.7. The van der Waals surface area contributed by atoms with E-state index in [4.69, 9.17) is 9.47 Å². The molecule has 2 aromatic rings. The Morgan fingerprint density at radius 3 is 2.82 bits per heavy atom. The lowest BCUT2D eigenvalue weighted by molar-refractivity contribution is 0.0322. The fourth-order valence-electron chi connectivity index (χ4n) is 4.50. The fraction of sp³-hybridized carbons (Fsp3) is 0.583. The second kappa shape index (κ2) is 13.1. The number of hydrogen-bond donors (Lipinski definition) is 1. The van der Waals surface area contributed by atoms with E-state index in [1.807, 2.05) is 25.6 Å².